The van der Waals surface area contributed by atoms with Crippen molar-refractivity contribution in [3.05, 3.63) is 34.3 Å². The Morgan fingerprint density at radius 3 is 2.39 bits per heavy atom. The molecule has 0 aliphatic carbocycles. The quantitative estimate of drug-likeness (QED) is 0.775. The first-order chi connectivity index (χ1) is 8.68. The number of fused-ring (bicyclic) bond motifs is 3. The van der Waals surface area contributed by atoms with E-state index in [-0.39, 0.29) is 4.27 Å². The molecule has 3 aliphatic rings. The predicted octanol–water partition coefficient (Wildman–Crippen LogP) is 4.86. The third kappa shape index (κ3) is 2.26. The van der Waals surface area contributed by atoms with Crippen molar-refractivity contribution in [2.24, 2.45) is 5.41 Å². The van der Waals surface area contributed by atoms with Gasteiger partial charge in [0, 0.05) is 27.0 Å². The number of hydrogen-bond acceptors (Lipinski definition) is 3. The first-order valence-corrected chi connectivity index (χ1v) is 9.12. The first-order valence-electron chi connectivity index (χ1n) is 6.36. The molecular weight excluding hydrogens is 328 g/mol. The second-order valence-corrected chi connectivity index (χ2v) is 8.66. The molecule has 3 fully saturated rings. The lowest BCUT2D eigenvalue weighted by molar-refractivity contribution is 0.00250. The van der Waals surface area contributed by atoms with Crippen molar-refractivity contribution in [1.82, 2.24) is 0 Å². The Bertz CT molecular complexity index is 407. The number of thioether (sulfide) groups is 2. The standard InChI is InChI=1S/C14H17BrOS2/c1-2-7-13-8-16-14(17-9-13,18-10-13)11-3-5-12(15)6-4-11/h3-6H,2,7-10H2,1H3. The first kappa shape index (κ1) is 13.3. The molecular formula is C14H17BrOS2. The van der Waals surface area contributed by atoms with E-state index in [2.05, 4.69) is 47.1 Å². The number of rotatable bonds is 3. The number of benzene rings is 1. The summed E-state index contributed by atoms with van der Waals surface area (Å²) in [5.41, 5.74) is 1.73. The van der Waals surface area contributed by atoms with E-state index in [4.69, 9.17) is 4.74 Å². The average molecular weight is 345 g/mol. The minimum atomic E-state index is -0.143. The van der Waals surface area contributed by atoms with Crippen LogP contribution in [-0.4, -0.2) is 18.1 Å². The van der Waals surface area contributed by atoms with E-state index >= 15 is 0 Å². The molecule has 0 aromatic heterocycles. The van der Waals surface area contributed by atoms with Gasteiger partial charge in [-0.15, -0.1) is 23.5 Å². The van der Waals surface area contributed by atoms with Crippen LogP contribution in [-0.2, 0) is 9.00 Å². The lowest BCUT2D eigenvalue weighted by Crippen LogP contribution is -2.48. The largest absolute Gasteiger partial charge is 0.350 e. The Morgan fingerprint density at radius 1 is 1.22 bits per heavy atom. The van der Waals surface area contributed by atoms with Crippen LogP contribution in [0.25, 0.3) is 0 Å². The van der Waals surface area contributed by atoms with Crippen LogP contribution in [0.15, 0.2) is 28.7 Å². The number of halogens is 1. The van der Waals surface area contributed by atoms with Crippen LogP contribution in [0.5, 0.6) is 0 Å². The van der Waals surface area contributed by atoms with Gasteiger partial charge in [-0.3, -0.25) is 0 Å². The van der Waals surface area contributed by atoms with Gasteiger partial charge in [-0.05, 0) is 18.6 Å². The van der Waals surface area contributed by atoms with Gasteiger partial charge in [0.1, 0.15) is 0 Å². The fourth-order valence-corrected chi connectivity index (χ4v) is 6.27. The molecule has 0 spiro atoms. The summed E-state index contributed by atoms with van der Waals surface area (Å²) in [5.74, 6) is 2.48. The van der Waals surface area contributed by atoms with Gasteiger partial charge in [-0.25, -0.2) is 0 Å². The molecule has 0 atom stereocenters. The Morgan fingerprint density at radius 2 is 1.89 bits per heavy atom. The predicted molar refractivity (Wildman–Crippen MR) is 84.0 cm³/mol. The fourth-order valence-electron chi connectivity index (χ4n) is 2.65. The summed E-state index contributed by atoms with van der Waals surface area (Å²) in [6.45, 7) is 3.20. The monoisotopic (exact) mass is 344 g/mol. The Labute approximate surface area is 126 Å². The van der Waals surface area contributed by atoms with Crippen LogP contribution in [0, 0.1) is 5.41 Å². The average Bonchev–Trinajstić information content (AvgIpc) is 2.42. The molecule has 0 radical (unpaired) electrons. The van der Waals surface area contributed by atoms with Crippen molar-refractivity contribution in [2.75, 3.05) is 18.1 Å². The molecule has 4 rings (SSSR count). The number of hydrogen-bond donors (Lipinski definition) is 0. The van der Waals surface area contributed by atoms with E-state index in [1.807, 2.05) is 23.5 Å². The molecule has 4 heteroatoms. The zero-order valence-corrected chi connectivity index (χ0v) is 13.7. The summed E-state index contributed by atoms with van der Waals surface area (Å²) in [6.07, 6.45) is 2.55. The lowest BCUT2D eigenvalue weighted by atomic mass is 9.88. The van der Waals surface area contributed by atoms with Crippen molar-refractivity contribution in [3.63, 3.8) is 0 Å². The van der Waals surface area contributed by atoms with Gasteiger partial charge in [-0.1, -0.05) is 41.4 Å². The molecule has 0 unspecified atom stereocenters. The molecule has 1 nitrogen and oxygen atoms in total. The fraction of sp³-hybridized carbons (Fsp3) is 0.571. The molecule has 1 aromatic rings. The van der Waals surface area contributed by atoms with E-state index in [0.29, 0.717) is 5.41 Å². The van der Waals surface area contributed by atoms with Gasteiger partial charge in [0.15, 0.2) is 4.27 Å². The van der Waals surface area contributed by atoms with E-state index in [1.54, 1.807) is 0 Å². The van der Waals surface area contributed by atoms with Gasteiger partial charge >= 0.3 is 0 Å². The second-order valence-electron chi connectivity index (χ2n) is 5.18. The SMILES string of the molecule is CCCC12COC(c3ccc(Br)cc3)(SC1)SC2. The Hall–Kier alpha value is 0.360. The van der Waals surface area contributed by atoms with Crippen LogP contribution in [0.4, 0.5) is 0 Å². The van der Waals surface area contributed by atoms with E-state index in [9.17, 15) is 0 Å². The second kappa shape index (κ2) is 5.04. The van der Waals surface area contributed by atoms with Crippen LogP contribution in [0.2, 0.25) is 0 Å². The van der Waals surface area contributed by atoms with Crippen LogP contribution >= 0.6 is 39.5 Å². The van der Waals surface area contributed by atoms with E-state index in [1.165, 1.54) is 29.9 Å². The summed E-state index contributed by atoms with van der Waals surface area (Å²) in [4.78, 5) is 0. The molecule has 0 saturated carbocycles. The van der Waals surface area contributed by atoms with Crippen LogP contribution < -0.4 is 0 Å². The van der Waals surface area contributed by atoms with Gasteiger partial charge in [-0.2, -0.15) is 0 Å². The van der Waals surface area contributed by atoms with Crippen LogP contribution in [0.3, 0.4) is 0 Å². The van der Waals surface area contributed by atoms with Gasteiger partial charge in [0.25, 0.3) is 0 Å². The lowest BCUT2D eigenvalue weighted by Gasteiger charge is -2.52. The molecule has 3 saturated heterocycles. The summed E-state index contributed by atoms with van der Waals surface area (Å²) in [7, 11) is 0. The molecule has 3 heterocycles. The molecule has 3 aliphatic heterocycles. The van der Waals surface area contributed by atoms with Crippen molar-refractivity contribution in [3.8, 4) is 0 Å². The molecule has 2 bridgehead atoms. The summed E-state index contributed by atoms with van der Waals surface area (Å²) in [5, 5.41) is 0. The third-order valence-electron chi connectivity index (χ3n) is 3.68. The summed E-state index contributed by atoms with van der Waals surface area (Å²) >= 11 is 7.46. The zero-order valence-electron chi connectivity index (χ0n) is 10.4. The van der Waals surface area contributed by atoms with Crippen molar-refractivity contribution in [1.29, 1.82) is 0 Å². The van der Waals surface area contributed by atoms with Gasteiger partial charge in [0.05, 0.1) is 6.61 Å². The van der Waals surface area contributed by atoms with Gasteiger partial charge in [0.2, 0.25) is 0 Å². The maximum Gasteiger partial charge on any atom is 0.186 e. The summed E-state index contributed by atoms with van der Waals surface area (Å²) < 4.78 is 7.24. The highest BCUT2D eigenvalue weighted by molar-refractivity contribution is 9.10. The normalized spacial score (nSPS) is 34.8. The third-order valence-corrected chi connectivity index (χ3v) is 7.90. The molecule has 0 amide bonds. The topological polar surface area (TPSA) is 9.23 Å². The Balaban J connectivity index is 1.82. The smallest absolute Gasteiger partial charge is 0.186 e. The van der Waals surface area contributed by atoms with Gasteiger partial charge < -0.3 is 4.74 Å². The van der Waals surface area contributed by atoms with Crippen molar-refractivity contribution < 1.29 is 4.74 Å². The van der Waals surface area contributed by atoms with Crippen molar-refractivity contribution in [2.45, 2.75) is 24.0 Å². The minimum Gasteiger partial charge on any atom is -0.350 e. The molecule has 1 aromatic carbocycles. The highest BCUT2D eigenvalue weighted by atomic mass is 79.9. The molecule has 98 valence electrons. The highest BCUT2D eigenvalue weighted by Gasteiger charge is 2.51. The summed E-state index contributed by atoms with van der Waals surface area (Å²) in [6, 6.07) is 8.58. The maximum atomic E-state index is 6.26. The number of ether oxygens (including phenoxy) is 1. The Kier molecular flexibility index (Phi) is 3.74. The van der Waals surface area contributed by atoms with E-state index in [0.717, 1.165) is 11.1 Å². The van der Waals surface area contributed by atoms with E-state index < -0.39 is 0 Å². The minimum absolute atomic E-state index is 0.143. The van der Waals surface area contributed by atoms with Crippen molar-refractivity contribution >= 4 is 39.5 Å². The maximum absolute atomic E-state index is 6.26. The zero-order chi connectivity index (χ0) is 12.6. The highest BCUT2D eigenvalue weighted by Crippen LogP contribution is 2.61. The molecule has 18 heavy (non-hydrogen) atoms. The van der Waals surface area contributed by atoms with Crippen LogP contribution in [0.1, 0.15) is 25.3 Å². The molecule has 0 N–H and O–H groups in total.